The Morgan fingerprint density at radius 3 is 2.81 bits per heavy atom. The molecule has 1 aromatic heterocycles. The van der Waals surface area contributed by atoms with Crippen LogP contribution in [0.2, 0.25) is 5.02 Å². The van der Waals surface area contributed by atoms with Crippen LogP contribution in [-0.2, 0) is 0 Å². The van der Waals surface area contributed by atoms with Gasteiger partial charge in [-0.15, -0.1) is 0 Å². The second kappa shape index (κ2) is 6.38. The number of hydrazone groups is 1. The van der Waals surface area contributed by atoms with Gasteiger partial charge in [-0.25, -0.2) is 4.79 Å². The van der Waals surface area contributed by atoms with Crippen molar-refractivity contribution in [2.75, 3.05) is 0 Å². The average molecular weight is 324 g/mol. The van der Waals surface area contributed by atoms with E-state index in [0.29, 0.717) is 17.1 Å². The highest BCUT2D eigenvalue weighted by atomic mass is 35.5. The smallest absolute Gasteiger partial charge is 0.337 e. The maximum Gasteiger partial charge on any atom is 0.337 e. The largest absolute Gasteiger partial charge is 0.478 e. The van der Waals surface area contributed by atoms with Crippen LogP contribution in [0, 0.1) is 0 Å². The molecule has 0 aliphatic carbocycles. The number of hydrogen-bond donors (Lipinski definition) is 3. The molecule has 1 heterocycles. The van der Waals surface area contributed by atoms with Gasteiger partial charge < -0.3 is 15.3 Å². The zero-order chi connectivity index (χ0) is 15.4. The molecule has 0 unspecified atom stereocenters. The molecule has 0 aliphatic rings. The normalized spacial score (nSPS) is 10.7. The number of halogens is 1. The van der Waals surface area contributed by atoms with E-state index in [2.05, 4.69) is 22.7 Å². The van der Waals surface area contributed by atoms with E-state index in [9.17, 15) is 4.79 Å². The molecule has 2 aromatic rings. The number of nitrogens with one attached hydrogen (secondary N) is 1. The number of hydrogen-bond acceptors (Lipinski definition) is 4. The maximum absolute atomic E-state index is 10.9. The van der Waals surface area contributed by atoms with Crippen molar-refractivity contribution in [3.63, 3.8) is 0 Å². The van der Waals surface area contributed by atoms with E-state index in [1.807, 2.05) is 0 Å². The van der Waals surface area contributed by atoms with Gasteiger partial charge in [-0.05, 0) is 36.5 Å². The van der Waals surface area contributed by atoms with Crippen molar-refractivity contribution in [1.82, 2.24) is 5.43 Å². The Kier molecular flexibility index (Phi) is 4.56. The molecule has 6 nitrogen and oxygen atoms in total. The summed E-state index contributed by atoms with van der Waals surface area (Å²) in [5.41, 5.74) is 8.32. The Hall–Kier alpha value is -2.38. The highest BCUT2D eigenvalue weighted by Gasteiger charge is 2.11. The molecular formula is C13H10ClN3O3S. The molecule has 0 radical (unpaired) electrons. The minimum absolute atomic E-state index is 0.0365. The highest BCUT2D eigenvalue weighted by Crippen LogP contribution is 2.27. The lowest BCUT2D eigenvalue weighted by Gasteiger charge is -2.01. The molecule has 4 N–H and O–H groups in total. The average Bonchev–Trinajstić information content (AvgIpc) is 2.86. The van der Waals surface area contributed by atoms with Crippen molar-refractivity contribution < 1.29 is 14.3 Å². The number of carboxylic acids is 1. The monoisotopic (exact) mass is 323 g/mol. The summed E-state index contributed by atoms with van der Waals surface area (Å²) >= 11 is 10.5. The van der Waals surface area contributed by atoms with Gasteiger partial charge in [-0.3, -0.25) is 5.43 Å². The first-order valence-electron chi connectivity index (χ1n) is 5.69. The van der Waals surface area contributed by atoms with Crippen molar-refractivity contribution >= 4 is 41.1 Å². The predicted octanol–water partition coefficient (Wildman–Crippen LogP) is 2.47. The molecule has 0 fully saturated rings. The van der Waals surface area contributed by atoms with Crippen LogP contribution in [-0.4, -0.2) is 22.4 Å². The SMILES string of the molecule is NC(=S)N/N=C\c1ccc(-c2ccc(C(=O)O)c(Cl)c2)o1. The molecular weight excluding hydrogens is 314 g/mol. The van der Waals surface area contributed by atoms with Crippen LogP contribution < -0.4 is 11.2 Å². The number of benzene rings is 1. The maximum atomic E-state index is 10.9. The molecule has 1 aromatic carbocycles. The predicted molar refractivity (Wildman–Crippen MR) is 83.6 cm³/mol. The van der Waals surface area contributed by atoms with E-state index in [1.165, 1.54) is 18.3 Å². The Labute approximate surface area is 130 Å². The fourth-order valence-corrected chi connectivity index (χ4v) is 1.89. The van der Waals surface area contributed by atoms with Crippen molar-refractivity contribution in [2.24, 2.45) is 10.8 Å². The Morgan fingerprint density at radius 1 is 1.43 bits per heavy atom. The summed E-state index contributed by atoms with van der Waals surface area (Å²) in [6, 6.07) is 7.97. The van der Waals surface area contributed by atoms with Gasteiger partial charge in [0.2, 0.25) is 0 Å². The topological polar surface area (TPSA) is 101 Å². The van der Waals surface area contributed by atoms with Gasteiger partial charge >= 0.3 is 5.97 Å². The summed E-state index contributed by atoms with van der Waals surface area (Å²) in [6.45, 7) is 0. The van der Waals surface area contributed by atoms with Crippen molar-refractivity contribution in [1.29, 1.82) is 0 Å². The van der Waals surface area contributed by atoms with Gasteiger partial charge in [0, 0.05) is 5.56 Å². The number of nitrogens with zero attached hydrogens (tertiary/aromatic N) is 1. The molecule has 0 bridgehead atoms. The van der Waals surface area contributed by atoms with Crippen LogP contribution in [0.15, 0.2) is 39.9 Å². The van der Waals surface area contributed by atoms with E-state index >= 15 is 0 Å². The van der Waals surface area contributed by atoms with Crippen LogP contribution in [0.1, 0.15) is 16.1 Å². The zero-order valence-corrected chi connectivity index (χ0v) is 12.1. The number of nitrogens with two attached hydrogens (primary N) is 1. The van der Waals surface area contributed by atoms with E-state index in [4.69, 9.17) is 26.9 Å². The summed E-state index contributed by atoms with van der Waals surface area (Å²) in [7, 11) is 0. The molecule has 21 heavy (non-hydrogen) atoms. The van der Waals surface area contributed by atoms with Crippen molar-refractivity contribution in [3.8, 4) is 11.3 Å². The second-order valence-corrected chi connectivity index (χ2v) is 4.78. The van der Waals surface area contributed by atoms with Gasteiger partial charge in [0.25, 0.3) is 0 Å². The number of aromatic carboxylic acids is 1. The first kappa shape index (κ1) is 15.0. The Morgan fingerprint density at radius 2 is 2.19 bits per heavy atom. The van der Waals surface area contributed by atoms with E-state index in [-0.39, 0.29) is 15.7 Å². The number of rotatable bonds is 4. The summed E-state index contributed by atoms with van der Waals surface area (Å²) in [5, 5.41) is 12.9. The van der Waals surface area contributed by atoms with Crippen LogP contribution in [0.3, 0.4) is 0 Å². The number of carbonyl (C=O) groups is 1. The first-order valence-corrected chi connectivity index (χ1v) is 6.47. The molecule has 8 heteroatoms. The van der Waals surface area contributed by atoms with Crippen LogP contribution in [0.4, 0.5) is 0 Å². The summed E-state index contributed by atoms with van der Waals surface area (Å²) < 4.78 is 5.53. The van der Waals surface area contributed by atoms with Crippen LogP contribution in [0.25, 0.3) is 11.3 Å². The standard InChI is InChI=1S/C13H10ClN3O3S/c14-10-5-7(1-3-9(10)12(18)19)11-4-2-8(20-11)6-16-17-13(15)21/h1-6H,(H,18,19)(H3,15,17,21)/b16-6-. The van der Waals surface area contributed by atoms with Gasteiger partial charge in [-0.1, -0.05) is 17.7 Å². The minimum Gasteiger partial charge on any atom is -0.478 e. The molecule has 108 valence electrons. The number of furan rings is 1. The lowest BCUT2D eigenvalue weighted by atomic mass is 10.1. The Balaban J connectivity index is 2.21. The van der Waals surface area contributed by atoms with Gasteiger partial charge in [0.15, 0.2) is 5.11 Å². The molecule has 0 spiro atoms. The van der Waals surface area contributed by atoms with Gasteiger partial charge in [0.05, 0.1) is 16.8 Å². The molecule has 0 saturated heterocycles. The molecule has 0 saturated carbocycles. The zero-order valence-electron chi connectivity index (χ0n) is 10.5. The third-order valence-corrected chi connectivity index (χ3v) is 2.88. The van der Waals surface area contributed by atoms with E-state index in [0.717, 1.165) is 0 Å². The fraction of sp³-hybridized carbons (Fsp3) is 0. The second-order valence-electron chi connectivity index (χ2n) is 3.94. The first-order chi connectivity index (χ1) is 9.97. The van der Waals surface area contributed by atoms with E-state index < -0.39 is 5.97 Å². The lowest BCUT2D eigenvalue weighted by molar-refractivity contribution is 0.0697. The summed E-state index contributed by atoms with van der Waals surface area (Å²) in [6.07, 6.45) is 1.41. The summed E-state index contributed by atoms with van der Waals surface area (Å²) in [5.74, 6) is -0.0690. The number of carboxylic acid groups (broad SMARTS) is 1. The molecule has 0 atom stereocenters. The minimum atomic E-state index is -1.08. The van der Waals surface area contributed by atoms with Gasteiger partial charge in [-0.2, -0.15) is 5.10 Å². The van der Waals surface area contributed by atoms with Crippen molar-refractivity contribution in [2.45, 2.75) is 0 Å². The van der Waals surface area contributed by atoms with Gasteiger partial charge in [0.1, 0.15) is 11.5 Å². The summed E-state index contributed by atoms with van der Waals surface area (Å²) in [4.78, 5) is 10.9. The quantitative estimate of drug-likeness (QED) is 0.454. The number of thiocarbonyl (C=S) groups is 1. The van der Waals surface area contributed by atoms with Crippen LogP contribution >= 0.6 is 23.8 Å². The fourth-order valence-electron chi connectivity index (χ4n) is 1.58. The van der Waals surface area contributed by atoms with E-state index in [1.54, 1.807) is 18.2 Å². The molecule has 0 amide bonds. The molecule has 0 aliphatic heterocycles. The van der Waals surface area contributed by atoms with Crippen molar-refractivity contribution in [3.05, 3.63) is 46.7 Å². The lowest BCUT2D eigenvalue weighted by Crippen LogP contribution is -2.23. The molecule has 2 rings (SSSR count). The Bertz CT molecular complexity index is 727. The third kappa shape index (κ3) is 3.80. The van der Waals surface area contributed by atoms with Crippen LogP contribution in [0.5, 0.6) is 0 Å². The highest BCUT2D eigenvalue weighted by molar-refractivity contribution is 7.80. The third-order valence-electron chi connectivity index (χ3n) is 2.48.